The maximum atomic E-state index is 12.0. The number of terminal acetylenes is 1. The molecule has 0 spiro atoms. The first-order valence-corrected chi connectivity index (χ1v) is 7.55. The SMILES string of the molecule is C#Cc1nn(C2CN(C(=O)/C=C/CN(C)C)C2)c(NC)c1C(N)=O. The number of nitrogens with zero attached hydrogens (tertiary/aromatic N) is 4. The first-order chi connectivity index (χ1) is 11.4. The van der Waals surface area contributed by atoms with Crippen molar-refractivity contribution in [2.24, 2.45) is 5.73 Å². The maximum Gasteiger partial charge on any atom is 0.255 e. The van der Waals surface area contributed by atoms with Crippen molar-refractivity contribution in [3.8, 4) is 12.3 Å². The molecule has 3 N–H and O–H groups in total. The van der Waals surface area contributed by atoms with E-state index in [0.29, 0.717) is 25.5 Å². The Balaban J connectivity index is 2.09. The van der Waals surface area contributed by atoms with E-state index in [1.807, 2.05) is 25.1 Å². The van der Waals surface area contributed by atoms with Crippen molar-refractivity contribution in [3.05, 3.63) is 23.4 Å². The van der Waals surface area contributed by atoms with Gasteiger partial charge in [-0.15, -0.1) is 6.42 Å². The minimum absolute atomic E-state index is 0.0427. The fraction of sp³-hybridized carbons (Fsp3) is 0.438. The van der Waals surface area contributed by atoms with E-state index in [1.54, 1.807) is 22.7 Å². The van der Waals surface area contributed by atoms with Gasteiger partial charge in [0.2, 0.25) is 5.91 Å². The highest BCUT2D eigenvalue weighted by atomic mass is 16.2. The average Bonchev–Trinajstić information content (AvgIpc) is 2.83. The number of anilines is 1. The summed E-state index contributed by atoms with van der Waals surface area (Å²) < 4.78 is 1.64. The van der Waals surface area contributed by atoms with Crippen LogP contribution in [0.25, 0.3) is 0 Å². The number of likely N-dealkylation sites (tertiary alicyclic amines) is 1. The van der Waals surface area contributed by atoms with Crippen molar-refractivity contribution in [2.75, 3.05) is 46.1 Å². The molecule has 1 aromatic rings. The van der Waals surface area contributed by atoms with Crippen molar-refractivity contribution in [2.45, 2.75) is 6.04 Å². The second-order valence-electron chi connectivity index (χ2n) is 5.84. The quantitative estimate of drug-likeness (QED) is 0.542. The van der Waals surface area contributed by atoms with Gasteiger partial charge in [0, 0.05) is 32.8 Å². The molecule has 0 unspecified atom stereocenters. The van der Waals surface area contributed by atoms with E-state index in [9.17, 15) is 9.59 Å². The monoisotopic (exact) mass is 330 g/mol. The smallest absolute Gasteiger partial charge is 0.255 e. The van der Waals surface area contributed by atoms with Crippen LogP contribution in [0.4, 0.5) is 5.82 Å². The fourth-order valence-corrected chi connectivity index (χ4v) is 2.53. The molecule has 0 atom stereocenters. The molecule has 0 radical (unpaired) electrons. The maximum absolute atomic E-state index is 12.0. The molecule has 24 heavy (non-hydrogen) atoms. The molecule has 1 fully saturated rings. The van der Waals surface area contributed by atoms with Crippen LogP contribution in [0, 0.1) is 12.3 Å². The summed E-state index contributed by atoms with van der Waals surface area (Å²) in [5, 5.41) is 7.20. The zero-order chi connectivity index (χ0) is 17.9. The van der Waals surface area contributed by atoms with Gasteiger partial charge in [0.15, 0.2) is 0 Å². The summed E-state index contributed by atoms with van der Waals surface area (Å²) in [5.41, 5.74) is 5.80. The number of carbonyl (C=O) groups excluding carboxylic acids is 2. The predicted octanol–water partition coefficient (Wildman–Crippen LogP) is -0.494. The highest BCUT2D eigenvalue weighted by Crippen LogP contribution is 2.28. The molecule has 2 amide bonds. The highest BCUT2D eigenvalue weighted by Gasteiger charge is 2.34. The molecule has 1 saturated heterocycles. The first-order valence-electron chi connectivity index (χ1n) is 7.55. The number of primary amides is 1. The molecule has 0 bridgehead atoms. The standard InChI is InChI=1S/C16H22N6O2/c1-5-12-14(15(17)24)16(18-2)22(19-12)11-9-21(10-11)13(23)7-6-8-20(3)4/h1,6-7,11,18H,8-10H2,2-4H3,(H2,17,24)/b7-6+. The Morgan fingerprint density at radius 1 is 1.50 bits per heavy atom. The second kappa shape index (κ2) is 7.19. The number of carbonyl (C=O) groups is 2. The number of amides is 2. The number of aromatic nitrogens is 2. The number of nitrogens with one attached hydrogen (secondary N) is 1. The average molecular weight is 330 g/mol. The van der Waals surface area contributed by atoms with Gasteiger partial charge in [-0.25, -0.2) is 4.68 Å². The minimum Gasteiger partial charge on any atom is -0.373 e. The molecule has 8 heteroatoms. The van der Waals surface area contributed by atoms with Gasteiger partial charge in [-0.1, -0.05) is 6.08 Å². The van der Waals surface area contributed by atoms with Gasteiger partial charge in [-0.05, 0) is 20.0 Å². The van der Waals surface area contributed by atoms with Crippen LogP contribution in [0.3, 0.4) is 0 Å². The molecule has 0 aromatic carbocycles. The summed E-state index contributed by atoms with van der Waals surface area (Å²) in [7, 11) is 5.54. The van der Waals surface area contributed by atoms with Gasteiger partial charge in [0.1, 0.15) is 17.1 Å². The van der Waals surface area contributed by atoms with E-state index < -0.39 is 5.91 Å². The number of hydrogen-bond acceptors (Lipinski definition) is 5. The Bertz CT molecular complexity index is 707. The Morgan fingerprint density at radius 2 is 2.17 bits per heavy atom. The zero-order valence-corrected chi connectivity index (χ0v) is 14.1. The summed E-state index contributed by atoms with van der Waals surface area (Å²) in [6.45, 7) is 1.72. The molecule has 8 nitrogen and oxygen atoms in total. The van der Waals surface area contributed by atoms with E-state index >= 15 is 0 Å². The summed E-state index contributed by atoms with van der Waals surface area (Å²) in [4.78, 5) is 27.3. The van der Waals surface area contributed by atoms with E-state index in [0.717, 1.165) is 0 Å². The molecule has 1 aliphatic rings. The number of hydrogen-bond donors (Lipinski definition) is 2. The molecule has 0 aliphatic carbocycles. The fourth-order valence-electron chi connectivity index (χ4n) is 2.53. The van der Waals surface area contributed by atoms with Gasteiger partial charge in [0.25, 0.3) is 5.91 Å². The third-order valence-electron chi connectivity index (χ3n) is 3.78. The Morgan fingerprint density at radius 3 is 2.67 bits per heavy atom. The summed E-state index contributed by atoms with van der Waals surface area (Å²) in [6.07, 6.45) is 8.79. The van der Waals surface area contributed by atoms with Crippen LogP contribution in [0.1, 0.15) is 22.1 Å². The minimum atomic E-state index is -0.627. The third kappa shape index (κ3) is 3.41. The van der Waals surface area contributed by atoms with E-state index in [2.05, 4.69) is 16.3 Å². The Labute approximate surface area is 141 Å². The largest absolute Gasteiger partial charge is 0.373 e. The Kier molecular flexibility index (Phi) is 5.26. The van der Waals surface area contributed by atoms with Gasteiger partial charge in [-0.3, -0.25) is 9.59 Å². The lowest BCUT2D eigenvalue weighted by atomic mass is 10.1. The van der Waals surface area contributed by atoms with Crippen LogP contribution >= 0.6 is 0 Å². The lowest BCUT2D eigenvalue weighted by Crippen LogP contribution is -2.50. The first kappa shape index (κ1) is 17.6. The summed E-state index contributed by atoms with van der Waals surface area (Å²) >= 11 is 0. The molecule has 1 aromatic heterocycles. The number of nitrogens with two attached hydrogens (primary N) is 1. The van der Waals surface area contributed by atoms with Crippen LogP contribution < -0.4 is 11.1 Å². The number of likely N-dealkylation sites (N-methyl/N-ethyl adjacent to an activating group) is 1. The van der Waals surface area contributed by atoms with Gasteiger partial charge >= 0.3 is 0 Å². The normalized spacial score (nSPS) is 14.7. The van der Waals surface area contributed by atoms with E-state index in [-0.39, 0.29) is 23.2 Å². The zero-order valence-electron chi connectivity index (χ0n) is 14.1. The van der Waals surface area contributed by atoms with Crippen molar-refractivity contribution in [1.29, 1.82) is 0 Å². The van der Waals surface area contributed by atoms with Crippen molar-refractivity contribution in [1.82, 2.24) is 19.6 Å². The number of rotatable bonds is 6. The predicted molar refractivity (Wildman–Crippen MR) is 91.5 cm³/mol. The summed E-state index contributed by atoms with van der Waals surface area (Å²) in [6, 6.07) is -0.0427. The molecule has 0 saturated carbocycles. The van der Waals surface area contributed by atoms with Crippen molar-refractivity contribution in [3.63, 3.8) is 0 Å². The van der Waals surface area contributed by atoms with Crippen molar-refractivity contribution >= 4 is 17.6 Å². The molecular weight excluding hydrogens is 308 g/mol. The molecule has 2 heterocycles. The van der Waals surface area contributed by atoms with Gasteiger partial charge in [0.05, 0.1) is 6.04 Å². The Hall–Kier alpha value is -2.79. The lowest BCUT2D eigenvalue weighted by Gasteiger charge is -2.39. The van der Waals surface area contributed by atoms with Gasteiger partial charge in [-0.2, -0.15) is 5.10 Å². The van der Waals surface area contributed by atoms with Crippen LogP contribution in [-0.4, -0.2) is 72.2 Å². The van der Waals surface area contributed by atoms with Gasteiger partial charge < -0.3 is 20.9 Å². The highest BCUT2D eigenvalue weighted by molar-refractivity contribution is 6.00. The summed E-state index contributed by atoms with van der Waals surface area (Å²) in [5.74, 6) is 2.19. The lowest BCUT2D eigenvalue weighted by molar-refractivity contribution is -0.131. The molecule has 128 valence electrons. The molecule has 1 aliphatic heterocycles. The van der Waals surface area contributed by atoms with E-state index in [4.69, 9.17) is 12.2 Å². The topological polar surface area (TPSA) is 96.5 Å². The molecular formula is C16H22N6O2. The van der Waals surface area contributed by atoms with E-state index in [1.165, 1.54) is 0 Å². The van der Waals surface area contributed by atoms with Crippen LogP contribution in [0.15, 0.2) is 12.2 Å². The van der Waals surface area contributed by atoms with Crippen LogP contribution in [0.5, 0.6) is 0 Å². The molecule has 2 rings (SSSR count). The van der Waals surface area contributed by atoms with Crippen LogP contribution in [0.2, 0.25) is 0 Å². The van der Waals surface area contributed by atoms with Crippen LogP contribution in [-0.2, 0) is 4.79 Å². The van der Waals surface area contributed by atoms with Crippen molar-refractivity contribution < 1.29 is 9.59 Å². The second-order valence-corrected chi connectivity index (χ2v) is 5.84. The third-order valence-corrected chi connectivity index (χ3v) is 3.78.